The zero-order valence-electron chi connectivity index (χ0n) is 20.6. The lowest BCUT2D eigenvalue weighted by Gasteiger charge is -2.20. The van der Waals surface area contributed by atoms with Gasteiger partial charge in [-0.15, -0.1) is 0 Å². The lowest BCUT2D eigenvalue weighted by atomic mass is 10.1. The molecule has 38 heavy (non-hydrogen) atoms. The van der Waals surface area contributed by atoms with Crippen LogP contribution in [0.15, 0.2) is 54.6 Å². The first-order valence-corrected chi connectivity index (χ1v) is 11.6. The molecule has 2 amide bonds. The molecule has 0 saturated carbocycles. The predicted molar refractivity (Wildman–Crippen MR) is 133 cm³/mol. The Hall–Kier alpha value is -4.19. The Morgan fingerprint density at radius 3 is 2.05 bits per heavy atom. The van der Waals surface area contributed by atoms with Crippen molar-refractivity contribution in [2.45, 2.75) is 25.9 Å². The van der Waals surface area contributed by atoms with Gasteiger partial charge in [-0.1, -0.05) is 37.3 Å². The van der Waals surface area contributed by atoms with Crippen molar-refractivity contribution in [2.75, 3.05) is 31.9 Å². The van der Waals surface area contributed by atoms with Crippen LogP contribution in [0, 0.1) is 0 Å². The van der Waals surface area contributed by atoms with Crippen molar-refractivity contribution in [1.82, 2.24) is 9.80 Å². The number of nitrogens with two attached hydrogens (primary N) is 1. The number of aliphatic carboxylic acids is 2. The van der Waals surface area contributed by atoms with Crippen LogP contribution in [-0.2, 0) is 22.2 Å². The quantitative estimate of drug-likeness (QED) is 0.192. The van der Waals surface area contributed by atoms with Crippen molar-refractivity contribution in [2.24, 2.45) is 0 Å². The Bertz CT molecular complexity index is 1170. The summed E-state index contributed by atoms with van der Waals surface area (Å²) < 4.78 is 39.2. The van der Waals surface area contributed by atoms with Crippen molar-refractivity contribution in [3.05, 3.63) is 76.9 Å². The summed E-state index contributed by atoms with van der Waals surface area (Å²) in [5.74, 6) is -4.25. The van der Waals surface area contributed by atoms with Gasteiger partial charge in [0.05, 0.1) is 16.7 Å². The van der Waals surface area contributed by atoms with E-state index in [0.717, 1.165) is 19.0 Å². The number of hydrogen-bond donors (Lipinski definition) is 3. The summed E-state index contributed by atoms with van der Waals surface area (Å²) in [7, 11) is 0. The van der Waals surface area contributed by atoms with Crippen LogP contribution in [0.3, 0.4) is 0 Å². The van der Waals surface area contributed by atoms with Gasteiger partial charge >= 0.3 is 18.1 Å². The number of nitrogens with zero attached hydrogens (tertiary/aromatic N) is 2. The Morgan fingerprint density at radius 1 is 0.974 bits per heavy atom. The van der Waals surface area contributed by atoms with Crippen molar-refractivity contribution < 1.29 is 42.6 Å². The highest BCUT2D eigenvalue weighted by molar-refractivity contribution is 6.27. The molecule has 0 radical (unpaired) electrons. The second kappa shape index (κ2) is 13.4. The van der Waals surface area contributed by atoms with Gasteiger partial charge in [0, 0.05) is 25.3 Å². The highest BCUT2D eigenvalue weighted by Gasteiger charge is 2.34. The number of halogens is 3. The molecule has 2 aromatic rings. The lowest BCUT2D eigenvalue weighted by Crippen LogP contribution is -2.30. The minimum atomic E-state index is -4.48. The van der Waals surface area contributed by atoms with Crippen LogP contribution in [0.5, 0.6) is 0 Å². The number of hydrogen-bond acceptors (Lipinski definition) is 6. The molecular weight excluding hydrogens is 507 g/mol. The molecule has 0 fully saturated rings. The van der Waals surface area contributed by atoms with E-state index in [1.807, 2.05) is 13.0 Å². The van der Waals surface area contributed by atoms with E-state index in [1.165, 1.54) is 11.0 Å². The Kier molecular flexibility index (Phi) is 10.6. The van der Waals surface area contributed by atoms with Crippen molar-refractivity contribution in [3.8, 4) is 0 Å². The number of carboxylic acids is 2. The summed E-state index contributed by atoms with van der Waals surface area (Å²) in [5, 5.41) is 14.8. The average Bonchev–Trinajstić information content (AvgIpc) is 3.10. The van der Waals surface area contributed by atoms with Crippen LogP contribution in [0.2, 0.25) is 0 Å². The summed E-state index contributed by atoms with van der Waals surface area (Å²) in [6.07, 6.45) is 0.520. The highest BCUT2D eigenvalue weighted by Crippen LogP contribution is 2.34. The van der Waals surface area contributed by atoms with Gasteiger partial charge in [0.1, 0.15) is 0 Å². The number of fused-ring (bicyclic) bond motifs is 1. The maximum atomic E-state index is 13.1. The summed E-state index contributed by atoms with van der Waals surface area (Å²) in [4.78, 5) is 46.3. The molecule has 0 aromatic heterocycles. The van der Waals surface area contributed by atoms with E-state index in [2.05, 4.69) is 4.90 Å². The van der Waals surface area contributed by atoms with E-state index in [4.69, 9.17) is 25.5 Å². The first-order chi connectivity index (χ1) is 17.9. The fourth-order valence-electron chi connectivity index (χ4n) is 3.71. The van der Waals surface area contributed by atoms with Gasteiger partial charge in [-0.25, -0.2) is 9.59 Å². The molecule has 9 nitrogen and oxygen atoms in total. The molecule has 12 heteroatoms. The van der Waals surface area contributed by atoms with Crippen LogP contribution in [0.4, 0.5) is 18.9 Å². The van der Waals surface area contributed by atoms with Crippen molar-refractivity contribution in [1.29, 1.82) is 0 Å². The molecule has 1 aliphatic heterocycles. The van der Waals surface area contributed by atoms with Gasteiger partial charge < -0.3 is 15.9 Å². The van der Waals surface area contributed by atoms with E-state index in [-0.39, 0.29) is 24.0 Å². The third kappa shape index (κ3) is 8.17. The maximum absolute atomic E-state index is 13.1. The lowest BCUT2D eigenvalue weighted by molar-refractivity contribution is -0.159. The van der Waals surface area contributed by atoms with Crippen LogP contribution >= 0.6 is 0 Å². The molecule has 0 aliphatic carbocycles. The number of anilines is 1. The van der Waals surface area contributed by atoms with Crippen LogP contribution in [-0.4, -0.2) is 69.9 Å². The number of nitrogen functional groups attached to an aromatic ring is 1. The molecule has 2 aromatic carbocycles. The fraction of sp³-hybridized carbons (Fsp3) is 0.308. The fourth-order valence-corrected chi connectivity index (χ4v) is 3.71. The molecule has 204 valence electrons. The first kappa shape index (κ1) is 30.0. The van der Waals surface area contributed by atoms with Gasteiger partial charge in [0.2, 0.25) is 0 Å². The average molecular weight is 536 g/mol. The second-order valence-corrected chi connectivity index (χ2v) is 8.32. The Labute approximate surface area is 216 Å². The smallest absolute Gasteiger partial charge is 0.418 e. The molecule has 0 unspecified atom stereocenters. The van der Waals surface area contributed by atoms with Gasteiger partial charge in [0.25, 0.3) is 11.8 Å². The summed E-state index contributed by atoms with van der Waals surface area (Å²) in [6.45, 7) is 4.13. The number of carbonyl (C=O) groups excluding carboxylic acids is 2. The Balaban J connectivity index is 0.000000757. The zero-order valence-corrected chi connectivity index (χ0v) is 20.6. The third-order valence-electron chi connectivity index (χ3n) is 5.56. The Morgan fingerprint density at radius 2 is 1.55 bits per heavy atom. The summed E-state index contributed by atoms with van der Waals surface area (Å²) >= 11 is 0. The van der Waals surface area contributed by atoms with Crippen LogP contribution in [0.1, 0.15) is 45.2 Å². The minimum Gasteiger partial charge on any atom is -0.473 e. The molecule has 4 N–H and O–H groups in total. The highest BCUT2D eigenvalue weighted by atomic mass is 19.4. The number of rotatable bonds is 9. The molecule has 1 aliphatic rings. The van der Waals surface area contributed by atoms with Gasteiger partial charge in [-0.2, -0.15) is 13.2 Å². The molecular formula is C26H28F3N3O6. The van der Waals surface area contributed by atoms with Crippen molar-refractivity contribution in [3.63, 3.8) is 0 Å². The normalized spacial score (nSPS) is 13.0. The van der Waals surface area contributed by atoms with E-state index in [1.54, 1.807) is 36.4 Å². The van der Waals surface area contributed by atoms with Gasteiger partial charge in [-0.05, 0) is 49.2 Å². The second-order valence-electron chi connectivity index (χ2n) is 8.32. The summed E-state index contributed by atoms with van der Waals surface area (Å²) in [5.41, 5.74) is 5.79. The number of amides is 2. The van der Waals surface area contributed by atoms with Crippen LogP contribution in [0.25, 0.3) is 0 Å². The number of carboxylic acid groups (broad SMARTS) is 2. The molecule has 0 bridgehead atoms. The number of alkyl halides is 3. The number of imide groups is 1. The van der Waals surface area contributed by atoms with Crippen LogP contribution < -0.4 is 5.73 Å². The monoisotopic (exact) mass is 535 g/mol. The van der Waals surface area contributed by atoms with E-state index >= 15 is 0 Å². The molecule has 0 saturated heterocycles. The molecule has 0 atom stereocenters. The standard InChI is InChI=1S/C24H26F3N3O2.C2H2O4/c1-2-12-29(15-11-17-9-10-21(28)20(16-17)24(25,26)27)13-5-6-14-30-22(31)18-7-3-4-8-19(18)23(30)32;3-1(4)2(5)6/h3-10,16H,2,11-15,28H2,1H3;(H,3,4)(H,5,6)/b6-5-;. The topological polar surface area (TPSA) is 141 Å². The third-order valence-corrected chi connectivity index (χ3v) is 5.56. The van der Waals surface area contributed by atoms with Gasteiger partial charge in [0.15, 0.2) is 0 Å². The number of carbonyl (C=O) groups is 4. The van der Waals surface area contributed by atoms with Crippen molar-refractivity contribution >= 4 is 29.4 Å². The molecule has 3 rings (SSSR count). The van der Waals surface area contributed by atoms with E-state index in [9.17, 15) is 22.8 Å². The molecule has 0 spiro atoms. The SMILES string of the molecule is CCCN(C/C=C\CN1C(=O)c2ccccc2C1=O)CCc1ccc(N)c(C(F)(F)F)c1.O=C(O)C(=O)O. The van der Waals surface area contributed by atoms with Gasteiger partial charge in [-0.3, -0.25) is 19.4 Å². The van der Waals surface area contributed by atoms with E-state index in [0.29, 0.717) is 36.2 Å². The minimum absolute atomic E-state index is 0.180. The maximum Gasteiger partial charge on any atom is 0.418 e. The predicted octanol–water partition coefficient (Wildman–Crippen LogP) is 3.55. The zero-order chi connectivity index (χ0) is 28.5. The largest absolute Gasteiger partial charge is 0.473 e. The summed E-state index contributed by atoms with van der Waals surface area (Å²) in [6, 6.07) is 10.8. The van der Waals surface area contributed by atoms with E-state index < -0.39 is 23.7 Å². The molecule has 1 heterocycles. The number of benzene rings is 2. The first-order valence-electron chi connectivity index (χ1n) is 11.6.